The van der Waals surface area contributed by atoms with Crippen LogP contribution in [0.2, 0.25) is 0 Å². The Balaban J connectivity index is 2.94. The van der Waals surface area contributed by atoms with Gasteiger partial charge in [-0.05, 0) is 48.1 Å². The molecule has 0 radical (unpaired) electrons. The Kier molecular flexibility index (Phi) is 6.15. The summed E-state index contributed by atoms with van der Waals surface area (Å²) < 4.78 is 11.1. The number of rotatable bonds is 7. The van der Waals surface area contributed by atoms with Gasteiger partial charge in [0.15, 0.2) is 5.78 Å². The highest BCUT2D eigenvalue weighted by molar-refractivity contribution is 9.10. The van der Waals surface area contributed by atoms with Crippen molar-refractivity contribution in [1.82, 2.24) is 5.32 Å². The first-order valence-corrected chi connectivity index (χ1v) is 6.53. The molecule has 5 heteroatoms. The van der Waals surface area contributed by atoms with E-state index in [1.54, 1.807) is 26.4 Å². The summed E-state index contributed by atoms with van der Waals surface area (Å²) in [5.74, 6) is 1.26. The SMILES string of the molecule is CNCCCC(=O)c1ccc(OC)c(Br)c1OC. The van der Waals surface area contributed by atoms with Crippen molar-refractivity contribution in [3.05, 3.63) is 22.2 Å². The smallest absolute Gasteiger partial charge is 0.166 e. The molecule has 0 unspecified atom stereocenters. The number of nitrogens with one attached hydrogen (secondary N) is 1. The maximum Gasteiger partial charge on any atom is 0.166 e. The van der Waals surface area contributed by atoms with Crippen LogP contribution in [-0.4, -0.2) is 33.6 Å². The van der Waals surface area contributed by atoms with Crippen molar-refractivity contribution in [2.45, 2.75) is 12.8 Å². The fourth-order valence-electron chi connectivity index (χ4n) is 1.68. The van der Waals surface area contributed by atoms with Gasteiger partial charge in [0.05, 0.1) is 19.8 Å². The third kappa shape index (κ3) is 3.46. The number of hydrogen-bond acceptors (Lipinski definition) is 4. The monoisotopic (exact) mass is 315 g/mol. The molecule has 100 valence electrons. The molecule has 0 heterocycles. The normalized spacial score (nSPS) is 10.2. The maximum atomic E-state index is 12.1. The molecule has 0 aliphatic carbocycles. The Morgan fingerprint density at radius 3 is 2.61 bits per heavy atom. The second kappa shape index (κ2) is 7.38. The van der Waals surface area contributed by atoms with Gasteiger partial charge in [-0.2, -0.15) is 0 Å². The molecule has 18 heavy (non-hydrogen) atoms. The highest BCUT2D eigenvalue weighted by Gasteiger charge is 2.17. The van der Waals surface area contributed by atoms with E-state index in [4.69, 9.17) is 9.47 Å². The lowest BCUT2D eigenvalue weighted by atomic mass is 10.1. The van der Waals surface area contributed by atoms with Crippen LogP contribution in [0.25, 0.3) is 0 Å². The summed E-state index contributed by atoms with van der Waals surface area (Å²) in [6, 6.07) is 3.50. The van der Waals surface area contributed by atoms with E-state index < -0.39 is 0 Å². The molecule has 0 bridgehead atoms. The Hall–Kier alpha value is -1.07. The second-order valence-electron chi connectivity index (χ2n) is 3.79. The van der Waals surface area contributed by atoms with Crippen LogP contribution in [-0.2, 0) is 0 Å². The van der Waals surface area contributed by atoms with Crippen LogP contribution in [0.5, 0.6) is 11.5 Å². The van der Waals surface area contributed by atoms with E-state index in [9.17, 15) is 4.79 Å². The molecule has 1 N–H and O–H groups in total. The highest BCUT2D eigenvalue weighted by atomic mass is 79.9. The van der Waals surface area contributed by atoms with Gasteiger partial charge in [0.25, 0.3) is 0 Å². The van der Waals surface area contributed by atoms with Crippen molar-refractivity contribution < 1.29 is 14.3 Å². The van der Waals surface area contributed by atoms with Crippen LogP contribution < -0.4 is 14.8 Å². The molecule has 0 amide bonds. The number of Topliss-reactive ketones (excluding diaryl/α,β-unsaturated/α-hetero) is 1. The van der Waals surface area contributed by atoms with Crippen LogP contribution in [0.15, 0.2) is 16.6 Å². The zero-order chi connectivity index (χ0) is 13.5. The van der Waals surface area contributed by atoms with Crippen molar-refractivity contribution in [2.75, 3.05) is 27.8 Å². The van der Waals surface area contributed by atoms with Gasteiger partial charge >= 0.3 is 0 Å². The molecule has 0 atom stereocenters. The predicted molar refractivity (Wildman–Crippen MR) is 74.7 cm³/mol. The van der Waals surface area contributed by atoms with E-state index in [-0.39, 0.29) is 5.78 Å². The summed E-state index contributed by atoms with van der Waals surface area (Å²) in [7, 11) is 4.99. The van der Waals surface area contributed by atoms with Gasteiger partial charge in [0.2, 0.25) is 0 Å². The van der Waals surface area contributed by atoms with E-state index in [0.29, 0.717) is 28.0 Å². The molecule has 0 aromatic heterocycles. The molecule has 0 saturated carbocycles. The molecular formula is C13H18BrNO3. The van der Waals surface area contributed by atoms with Gasteiger partial charge in [-0.25, -0.2) is 0 Å². The number of hydrogen-bond donors (Lipinski definition) is 1. The van der Waals surface area contributed by atoms with Crippen molar-refractivity contribution in [2.24, 2.45) is 0 Å². The van der Waals surface area contributed by atoms with Gasteiger partial charge in [-0.3, -0.25) is 4.79 Å². The zero-order valence-electron chi connectivity index (χ0n) is 10.9. The summed E-state index contributed by atoms with van der Waals surface area (Å²) in [5.41, 5.74) is 0.585. The first kappa shape index (κ1) is 15.0. The average Bonchev–Trinajstić information content (AvgIpc) is 2.38. The number of ketones is 1. The minimum atomic E-state index is 0.0745. The largest absolute Gasteiger partial charge is 0.495 e. The third-order valence-corrected chi connectivity index (χ3v) is 3.37. The zero-order valence-corrected chi connectivity index (χ0v) is 12.5. The second-order valence-corrected chi connectivity index (χ2v) is 4.59. The van der Waals surface area contributed by atoms with Crippen LogP contribution >= 0.6 is 15.9 Å². The third-order valence-electron chi connectivity index (χ3n) is 2.62. The molecular weight excluding hydrogens is 298 g/mol. The Labute approximate surface area is 116 Å². The van der Waals surface area contributed by atoms with Gasteiger partial charge in [0.1, 0.15) is 16.0 Å². The van der Waals surface area contributed by atoms with Crippen molar-refractivity contribution in [1.29, 1.82) is 0 Å². The Morgan fingerprint density at radius 1 is 1.33 bits per heavy atom. The molecule has 0 aliphatic heterocycles. The Bertz CT molecular complexity index is 421. The Morgan fingerprint density at radius 2 is 2.06 bits per heavy atom. The van der Waals surface area contributed by atoms with Crippen LogP contribution in [0, 0.1) is 0 Å². The van der Waals surface area contributed by atoms with Crippen LogP contribution in [0.4, 0.5) is 0 Å². The number of methoxy groups -OCH3 is 2. The van der Waals surface area contributed by atoms with Gasteiger partial charge in [-0.15, -0.1) is 0 Å². The van der Waals surface area contributed by atoms with Crippen molar-refractivity contribution in [3.8, 4) is 11.5 Å². The molecule has 1 aromatic carbocycles. The standard InChI is InChI=1S/C13H18BrNO3/c1-15-8-4-5-10(16)9-6-7-11(17-2)12(14)13(9)18-3/h6-7,15H,4-5,8H2,1-3H3. The van der Waals surface area contributed by atoms with Gasteiger partial charge in [-0.1, -0.05) is 0 Å². The molecule has 4 nitrogen and oxygen atoms in total. The summed E-state index contributed by atoms with van der Waals surface area (Å²) >= 11 is 3.39. The van der Waals surface area contributed by atoms with Gasteiger partial charge in [0, 0.05) is 6.42 Å². The number of carbonyl (C=O) groups excluding carboxylic acids is 1. The number of benzene rings is 1. The number of halogens is 1. The summed E-state index contributed by atoms with van der Waals surface area (Å²) in [6.45, 7) is 0.825. The topological polar surface area (TPSA) is 47.6 Å². The lowest BCUT2D eigenvalue weighted by Gasteiger charge is -2.12. The minimum Gasteiger partial charge on any atom is -0.495 e. The number of carbonyl (C=O) groups is 1. The van der Waals surface area contributed by atoms with E-state index in [1.165, 1.54) is 0 Å². The first-order valence-electron chi connectivity index (χ1n) is 5.74. The molecule has 1 aromatic rings. The molecule has 0 aliphatic rings. The van der Waals surface area contributed by atoms with E-state index in [2.05, 4.69) is 21.2 Å². The van der Waals surface area contributed by atoms with Crippen molar-refractivity contribution in [3.63, 3.8) is 0 Å². The summed E-state index contributed by atoms with van der Waals surface area (Å²) in [5, 5.41) is 3.02. The van der Waals surface area contributed by atoms with Crippen LogP contribution in [0.3, 0.4) is 0 Å². The highest BCUT2D eigenvalue weighted by Crippen LogP contribution is 2.37. The number of ether oxygens (including phenoxy) is 2. The summed E-state index contributed by atoms with van der Waals surface area (Å²) in [6.07, 6.45) is 1.30. The summed E-state index contributed by atoms with van der Waals surface area (Å²) in [4.78, 5) is 12.1. The van der Waals surface area contributed by atoms with E-state index in [0.717, 1.165) is 13.0 Å². The first-order chi connectivity index (χ1) is 8.65. The van der Waals surface area contributed by atoms with Crippen molar-refractivity contribution >= 4 is 21.7 Å². The lowest BCUT2D eigenvalue weighted by molar-refractivity contribution is 0.0977. The predicted octanol–water partition coefficient (Wildman–Crippen LogP) is 2.65. The quantitative estimate of drug-likeness (QED) is 0.620. The lowest BCUT2D eigenvalue weighted by Crippen LogP contribution is -2.10. The molecule has 0 fully saturated rings. The molecule has 0 saturated heterocycles. The molecule has 1 rings (SSSR count). The van der Waals surface area contributed by atoms with E-state index >= 15 is 0 Å². The fourth-order valence-corrected chi connectivity index (χ4v) is 2.34. The molecule has 0 spiro atoms. The average molecular weight is 316 g/mol. The maximum absolute atomic E-state index is 12.1. The van der Waals surface area contributed by atoms with Crippen LogP contribution in [0.1, 0.15) is 23.2 Å². The van der Waals surface area contributed by atoms with E-state index in [1.807, 2.05) is 7.05 Å². The minimum absolute atomic E-state index is 0.0745. The van der Waals surface area contributed by atoms with Gasteiger partial charge < -0.3 is 14.8 Å². The fraction of sp³-hybridized carbons (Fsp3) is 0.462.